The molecule has 0 atom stereocenters. The van der Waals surface area contributed by atoms with Crippen LogP contribution in [0.15, 0.2) is 35.4 Å². The molecule has 0 N–H and O–H groups in total. The molecule has 0 radical (unpaired) electrons. The van der Waals surface area contributed by atoms with Crippen LogP contribution in [0, 0.1) is 0 Å². The van der Waals surface area contributed by atoms with Gasteiger partial charge in [0.15, 0.2) is 0 Å². The molecule has 0 spiro atoms. The monoisotopic (exact) mass is 246 g/mol. The lowest BCUT2D eigenvalue weighted by atomic mass is 10.2. The Morgan fingerprint density at radius 2 is 2.11 bits per heavy atom. The number of aryl methyl sites for hydroxylation is 1. The highest BCUT2D eigenvalue weighted by Gasteiger charge is 2.19. The van der Waals surface area contributed by atoms with Crippen molar-refractivity contribution in [2.45, 2.75) is 6.54 Å². The lowest BCUT2D eigenvalue weighted by Gasteiger charge is -2.34. The summed E-state index contributed by atoms with van der Waals surface area (Å²) in [4.78, 5) is 9.18. The van der Waals surface area contributed by atoms with Gasteiger partial charge in [0.05, 0.1) is 12.5 Å². The van der Waals surface area contributed by atoms with Gasteiger partial charge in [-0.05, 0) is 6.07 Å². The summed E-state index contributed by atoms with van der Waals surface area (Å²) in [6, 6.07) is 2.03. The molecule has 2 aromatic rings. The maximum Gasteiger partial charge on any atom is 0.205 e. The van der Waals surface area contributed by atoms with Crippen LogP contribution in [0.5, 0.6) is 0 Å². The minimum Gasteiger partial charge on any atom is -0.472 e. The number of hydrogen-bond donors (Lipinski definition) is 0. The van der Waals surface area contributed by atoms with Crippen LogP contribution >= 0.6 is 0 Å². The van der Waals surface area contributed by atoms with E-state index >= 15 is 0 Å². The van der Waals surface area contributed by atoms with Crippen molar-refractivity contribution >= 4 is 5.95 Å². The molecule has 5 heteroatoms. The molecule has 1 aliphatic rings. The quantitative estimate of drug-likeness (QED) is 0.819. The first-order valence-electron chi connectivity index (χ1n) is 6.28. The molecule has 0 unspecified atom stereocenters. The molecule has 96 valence electrons. The van der Waals surface area contributed by atoms with Gasteiger partial charge in [0.25, 0.3) is 0 Å². The fourth-order valence-corrected chi connectivity index (χ4v) is 2.41. The number of hydrogen-bond acceptors (Lipinski definition) is 4. The summed E-state index contributed by atoms with van der Waals surface area (Å²) in [5.74, 6) is 1.07. The Morgan fingerprint density at radius 1 is 1.28 bits per heavy atom. The summed E-state index contributed by atoms with van der Waals surface area (Å²) in [7, 11) is 2.04. The van der Waals surface area contributed by atoms with Gasteiger partial charge in [-0.2, -0.15) is 0 Å². The van der Waals surface area contributed by atoms with Crippen molar-refractivity contribution in [3.63, 3.8) is 0 Å². The highest BCUT2D eigenvalue weighted by atomic mass is 16.3. The fraction of sp³-hybridized carbons (Fsp3) is 0.462. The van der Waals surface area contributed by atoms with Gasteiger partial charge in [-0.3, -0.25) is 4.90 Å². The number of imidazole rings is 1. The highest BCUT2D eigenvalue weighted by molar-refractivity contribution is 5.31. The first kappa shape index (κ1) is 11.3. The number of piperazine rings is 1. The van der Waals surface area contributed by atoms with Gasteiger partial charge in [0.2, 0.25) is 5.95 Å². The standard InChI is InChI=1S/C13H18N4O/c1-15-4-3-14-13(15)17-7-5-16(6-8-17)10-12-2-9-18-11-12/h2-4,9,11H,5-8,10H2,1H3. The van der Waals surface area contributed by atoms with Gasteiger partial charge in [-0.25, -0.2) is 4.98 Å². The van der Waals surface area contributed by atoms with Crippen molar-refractivity contribution in [2.24, 2.45) is 7.05 Å². The van der Waals surface area contributed by atoms with Crippen molar-refractivity contribution in [2.75, 3.05) is 31.1 Å². The van der Waals surface area contributed by atoms with Gasteiger partial charge in [-0.1, -0.05) is 0 Å². The Morgan fingerprint density at radius 3 is 2.72 bits per heavy atom. The molecular formula is C13H18N4O. The zero-order valence-corrected chi connectivity index (χ0v) is 10.6. The van der Waals surface area contributed by atoms with E-state index in [4.69, 9.17) is 4.42 Å². The van der Waals surface area contributed by atoms with Gasteiger partial charge < -0.3 is 13.9 Å². The third-order valence-corrected chi connectivity index (χ3v) is 3.44. The molecule has 0 amide bonds. The van der Waals surface area contributed by atoms with Crippen LogP contribution in [0.2, 0.25) is 0 Å². The average molecular weight is 246 g/mol. The summed E-state index contributed by atoms with van der Waals surface area (Å²) in [5, 5.41) is 0. The predicted octanol–water partition coefficient (Wildman–Crippen LogP) is 1.34. The SMILES string of the molecule is Cn1ccnc1N1CCN(Cc2ccoc2)CC1. The van der Waals surface area contributed by atoms with Crippen molar-refractivity contribution in [1.82, 2.24) is 14.5 Å². The van der Waals surface area contributed by atoms with Crippen LogP contribution in [0.1, 0.15) is 5.56 Å². The molecule has 0 aliphatic carbocycles. The van der Waals surface area contributed by atoms with Gasteiger partial charge in [0, 0.05) is 57.7 Å². The molecule has 18 heavy (non-hydrogen) atoms. The molecule has 2 aromatic heterocycles. The topological polar surface area (TPSA) is 37.4 Å². The van der Waals surface area contributed by atoms with Crippen LogP contribution in [-0.4, -0.2) is 40.6 Å². The van der Waals surface area contributed by atoms with Crippen molar-refractivity contribution in [1.29, 1.82) is 0 Å². The minimum absolute atomic E-state index is 0.977. The van der Waals surface area contributed by atoms with Crippen molar-refractivity contribution in [3.8, 4) is 0 Å². The second kappa shape index (κ2) is 4.86. The molecule has 1 fully saturated rings. The molecular weight excluding hydrogens is 228 g/mol. The summed E-state index contributed by atoms with van der Waals surface area (Å²) in [6.45, 7) is 5.17. The highest BCUT2D eigenvalue weighted by Crippen LogP contribution is 2.14. The van der Waals surface area contributed by atoms with Gasteiger partial charge in [-0.15, -0.1) is 0 Å². The number of furan rings is 1. The molecule has 1 aliphatic heterocycles. The van der Waals surface area contributed by atoms with Crippen LogP contribution in [-0.2, 0) is 13.6 Å². The Kier molecular flexibility index (Phi) is 3.06. The third kappa shape index (κ3) is 2.26. The normalized spacial score (nSPS) is 17.3. The zero-order chi connectivity index (χ0) is 12.4. The zero-order valence-electron chi connectivity index (χ0n) is 10.6. The second-order valence-electron chi connectivity index (χ2n) is 4.73. The van der Waals surface area contributed by atoms with Crippen LogP contribution < -0.4 is 4.90 Å². The Labute approximate surface area is 107 Å². The molecule has 0 bridgehead atoms. The molecule has 0 aromatic carbocycles. The lowest BCUT2D eigenvalue weighted by Crippen LogP contribution is -2.46. The third-order valence-electron chi connectivity index (χ3n) is 3.44. The maximum atomic E-state index is 5.10. The number of rotatable bonds is 3. The van der Waals surface area contributed by atoms with E-state index in [1.807, 2.05) is 31.8 Å². The van der Waals surface area contributed by atoms with Crippen LogP contribution in [0.3, 0.4) is 0 Å². The smallest absolute Gasteiger partial charge is 0.205 e. The molecule has 1 saturated heterocycles. The largest absolute Gasteiger partial charge is 0.472 e. The first-order valence-corrected chi connectivity index (χ1v) is 6.28. The summed E-state index contributed by atoms with van der Waals surface area (Å²) in [6.07, 6.45) is 7.41. The van der Waals surface area contributed by atoms with Gasteiger partial charge in [0.1, 0.15) is 0 Å². The molecule has 5 nitrogen and oxygen atoms in total. The second-order valence-corrected chi connectivity index (χ2v) is 4.73. The summed E-state index contributed by atoms with van der Waals surface area (Å²) in [5.41, 5.74) is 1.25. The van der Waals surface area contributed by atoms with E-state index in [1.54, 1.807) is 6.26 Å². The van der Waals surface area contributed by atoms with Crippen molar-refractivity contribution < 1.29 is 4.42 Å². The van der Waals surface area contributed by atoms with Gasteiger partial charge >= 0.3 is 0 Å². The van der Waals surface area contributed by atoms with Crippen molar-refractivity contribution in [3.05, 3.63) is 36.5 Å². The number of nitrogens with zero attached hydrogens (tertiary/aromatic N) is 4. The molecule has 3 heterocycles. The van der Waals surface area contributed by atoms with E-state index < -0.39 is 0 Å². The van der Waals surface area contributed by atoms with E-state index in [9.17, 15) is 0 Å². The summed E-state index contributed by atoms with van der Waals surface area (Å²) < 4.78 is 7.18. The van der Waals surface area contributed by atoms with E-state index in [-0.39, 0.29) is 0 Å². The maximum absolute atomic E-state index is 5.10. The lowest BCUT2D eigenvalue weighted by molar-refractivity contribution is 0.247. The van der Waals surface area contributed by atoms with Crippen LogP contribution in [0.25, 0.3) is 0 Å². The van der Waals surface area contributed by atoms with E-state index in [1.165, 1.54) is 5.56 Å². The minimum atomic E-state index is 0.977. The average Bonchev–Trinajstić information content (AvgIpc) is 3.02. The van der Waals surface area contributed by atoms with Crippen LogP contribution in [0.4, 0.5) is 5.95 Å². The Hall–Kier alpha value is -1.75. The van der Waals surface area contributed by atoms with E-state index in [0.717, 1.165) is 38.7 Å². The summed E-state index contributed by atoms with van der Waals surface area (Å²) >= 11 is 0. The first-order chi connectivity index (χ1) is 8.83. The molecule has 0 saturated carbocycles. The van der Waals surface area contributed by atoms with E-state index in [0.29, 0.717) is 0 Å². The number of anilines is 1. The van der Waals surface area contributed by atoms with E-state index in [2.05, 4.69) is 19.4 Å². The molecule has 3 rings (SSSR count). The Balaban J connectivity index is 1.57. The fourth-order valence-electron chi connectivity index (χ4n) is 2.41. The number of aromatic nitrogens is 2. The Bertz CT molecular complexity index is 483. The predicted molar refractivity (Wildman–Crippen MR) is 69.4 cm³/mol.